The number of fused-ring (bicyclic) bond motifs is 1. The molecule has 3 nitrogen and oxygen atoms in total. The predicted molar refractivity (Wildman–Crippen MR) is 75.7 cm³/mol. The van der Waals surface area contributed by atoms with E-state index in [1.807, 2.05) is 47.2 Å². The second-order valence-corrected chi connectivity index (χ2v) is 4.76. The quantitative estimate of drug-likeness (QED) is 0.682. The van der Waals surface area contributed by atoms with E-state index in [4.69, 9.17) is 11.6 Å². The SMILES string of the molecule is O=Cc1cn(Cc2ccc(Cl)cc2)c2cccnc12. The lowest BCUT2D eigenvalue weighted by Crippen LogP contribution is -1.97. The van der Waals surface area contributed by atoms with Crippen molar-refractivity contribution >= 4 is 28.9 Å². The average Bonchev–Trinajstić information content (AvgIpc) is 2.80. The molecule has 0 saturated heterocycles. The number of aldehydes is 1. The first kappa shape index (κ1) is 11.9. The molecule has 0 aliphatic carbocycles. The predicted octanol–water partition coefficient (Wildman–Crippen LogP) is 3.55. The van der Waals surface area contributed by atoms with Crippen LogP contribution in [-0.2, 0) is 6.54 Å². The van der Waals surface area contributed by atoms with E-state index in [1.54, 1.807) is 6.20 Å². The molecule has 2 aromatic heterocycles. The molecule has 3 rings (SSSR count). The Morgan fingerprint density at radius 3 is 2.74 bits per heavy atom. The number of carbonyl (C=O) groups excluding carboxylic acids is 1. The number of carbonyl (C=O) groups is 1. The van der Waals surface area contributed by atoms with Crippen LogP contribution in [0.1, 0.15) is 15.9 Å². The minimum atomic E-state index is 0.615. The van der Waals surface area contributed by atoms with Gasteiger partial charge in [-0.05, 0) is 29.8 Å². The lowest BCUT2D eigenvalue weighted by molar-refractivity contribution is 0.112. The van der Waals surface area contributed by atoms with Gasteiger partial charge in [-0.3, -0.25) is 9.78 Å². The molecule has 0 N–H and O–H groups in total. The summed E-state index contributed by atoms with van der Waals surface area (Å²) >= 11 is 5.87. The van der Waals surface area contributed by atoms with E-state index in [2.05, 4.69) is 4.98 Å². The van der Waals surface area contributed by atoms with Crippen LogP contribution < -0.4 is 0 Å². The van der Waals surface area contributed by atoms with Crippen LogP contribution in [0.4, 0.5) is 0 Å². The van der Waals surface area contributed by atoms with Gasteiger partial charge >= 0.3 is 0 Å². The molecule has 0 aliphatic heterocycles. The van der Waals surface area contributed by atoms with Gasteiger partial charge in [-0.2, -0.15) is 0 Å². The zero-order valence-corrected chi connectivity index (χ0v) is 10.8. The van der Waals surface area contributed by atoms with Crippen molar-refractivity contribution in [3.63, 3.8) is 0 Å². The lowest BCUT2D eigenvalue weighted by atomic mass is 10.2. The Morgan fingerprint density at radius 2 is 2.00 bits per heavy atom. The fourth-order valence-corrected chi connectivity index (χ4v) is 2.28. The number of hydrogen-bond acceptors (Lipinski definition) is 2. The number of halogens is 1. The minimum Gasteiger partial charge on any atom is -0.341 e. The number of hydrogen-bond donors (Lipinski definition) is 0. The summed E-state index contributed by atoms with van der Waals surface area (Å²) in [6.07, 6.45) is 4.37. The van der Waals surface area contributed by atoms with Gasteiger partial charge in [0.1, 0.15) is 0 Å². The molecule has 94 valence electrons. The Bertz CT molecular complexity index is 731. The lowest BCUT2D eigenvalue weighted by Gasteiger charge is -2.05. The Kier molecular flexibility index (Phi) is 3.05. The van der Waals surface area contributed by atoms with Crippen molar-refractivity contribution in [2.75, 3.05) is 0 Å². The monoisotopic (exact) mass is 270 g/mol. The maximum Gasteiger partial charge on any atom is 0.153 e. The van der Waals surface area contributed by atoms with Crippen LogP contribution in [0.15, 0.2) is 48.8 Å². The van der Waals surface area contributed by atoms with Crippen molar-refractivity contribution in [2.24, 2.45) is 0 Å². The number of rotatable bonds is 3. The Labute approximate surface area is 115 Å². The number of pyridine rings is 1. The first-order chi connectivity index (χ1) is 9.28. The van der Waals surface area contributed by atoms with Crippen LogP contribution in [0.3, 0.4) is 0 Å². The van der Waals surface area contributed by atoms with Crippen LogP contribution in [-0.4, -0.2) is 15.8 Å². The van der Waals surface area contributed by atoms with Crippen molar-refractivity contribution in [3.05, 3.63) is 64.9 Å². The van der Waals surface area contributed by atoms with Crippen molar-refractivity contribution in [2.45, 2.75) is 6.54 Å². The van der Waals surface area contributed by atoms with Gasteiger partial charge in [0.25, 0.3) is 0 Å². The molecule has 1 aromatic carbocycles. The summed E-state index contributed by atoms with van der Waals surface area (Å²) in [6.45, 7) is 0.688. The summed E-state index contributed by atoms with van der Waals surface area (Å²) in [5.74, 6) is 0. The van der Waals surface area contributed by atoms with Gasteiger partial charge in [0.05, 0.1) is 16.6 Å². The largest absolute Gasteiger partial charge is 0.341 e. The maximum atomic E-state index is 11.1. The van der Waals surface area contributed by atoms with E-state index >= 15 is 0 Å². The molecule has 0 amide bonds. The smallest absolute Gasteiger partial charge is 0.153 e. The topological polar surface area (TPSA) is 34.9 Å². The first-order valence-electron chi connectivity index (χ1n) is 5.91. The fraction of sp³-hybridized carbons (Fsp3) is 0.0667. The van der Waals surface area contributed by atoms with E-state index in [0.717, 1.165) is 27.9 Å². The van der Waals surface area contributed by atoms with Crippen LogP contribution in [0, 0.1) is 0 Å². The molecule has 0 aliphatic rings. The zero-order chi connectivity index (χ0) is 13.2. The number of aromatic nitrogens is 2. The zero-order valence-electron chi connectivity index (χ0n) is 10.1. The first-order valence-corrected chi connectivity index (χ1v) is 6.29. The third-order valence-electron chi connectivity index (χ3n) is 3.06. The van der Waals surface area contributed by atoms with Crippen LogP contribution >= 0.6 is 11.6 Å². The standard InChI is InChI=1S/C15H11ClN2O/c16-13-5-3-11(4-6-13)8-18-9-12(10-19)15-14(18)2-1-7-17-15/h1-7,9-10H,8H2. The van der Waals surface area contributed by atoms with E-state index < -0.39 is 0 Å². The third-order valence-corrected chi connectivity index (χ3v) is 3.31. The van der Waals surface area contributed by atoms with Crippen LogP contribution in [0.5, 0.6) is 0 Å². The summed E-state index contributed by atoms with van der Waals surface area (Å²) in [7, 11) is 0. The van der Waals surface area contributed by atoms with Gasteiger partial charge in [-0.1, -0.05) is 23.7 Å². The van der Waals surface area contributed by atoms with Gasteiger partial charge < -0.3 is 4.57 Å². The fourth-order valence-electron chi connectivity index (χ4n) is 2.15. The van der Waals surface area contributed by atoms with Gasteiger partial charge in [0, 0.05) is 24.0 Å². The molecule has 19 heavy (non-hydrogen) atoms. The summed E-state index contributed by atoms with van der Waals surface area (Å²) in [4.78, 5) is 15.3. The molecule has 0 unspecified atom stereocenters. The van der Waals surface area contributed by atoms with Gasteiger partial charge in [-0.15, -0.1) is 0 Å². The van der Waals surface area contributed by atoms with Gasteiger partial charge in [0.2, 0.25) is 0 Å². The molecule has 0 radical (unpaired) electrons. The van der Waals surface area contributed by atoms with E-state index in [1.165, 1.54) is 0 Å². The molecular weight excluding hydrogens is 260 g/mol. The van der Waals surface area contributed by atoms with Crippen molar-refractivity contribution < 1.29 is 4.79 Å². The Morgan fingerprint density at radius 1 is 1.21 bits per heavy atom. The Hall–Kier alpha value is -2.13. The summed E-state index contributed by atoms with van der Waals surface area (Å²) in [6, 6.07) is 11.5. The van der Waals surface area contributed by atoms with Gasteiger partial charge in [0.15, 0.2) is 6.29 Å². The highest BCUT2D eigenvalue weighted by Crippen LogP contribution is 2.19. The highest BCUT2D eigenvalue weighted by Gasteiger charge is 2.08. The average molecular weight is 271 g/mol. The molecule has 0 spiro atoms. The van der Waals surface area contributed by atoms with E-state index in [9.17, 15) is 4.79 Å². The Balaban J connectivity index is 2.05. The summed E-state index contributed by atoms with van der Waals surface area (Å²) < 4.78 is 2.02. The normalized spacial score (nSPS) is 10.8. The minimum absolute atomic E-state index is 0.615. The molecule has 4 heteroatoms. The van der Waals surface area contributed by atoms with Crippen LogP contribution in [0.2, 0.25) is 5.02 Å². The molecular formula is C15H11ClN2O. The molecule has 3 aromatic rings. The van der Waals surface area contributed by atoms with Crippen molar-refractivity contribution in [1.29, 1.82) is 0 Å². The number of benzene rings is 1. The van der Waals surface area contributed by atoms with E-state index in [-0.39, 0.29) is 0 Å². The molecule has 0 fully saturated rings. The highest BCUT2D eigenvalue weighted by atomic mass is 35.5. The second kappa shape index (κ2) is 4.86. The third kappa shape index (κ3) is 2.25. The van der Waals surface area contributed by atoms with Crippen molar-refractivity contribution in [1.82, 2.24) is 9.55 Å². The molecule has 2 heterocycles. The van der Waals surface area contributed by atoms with Crippen molar-refractivity contribution in [3.8, 4) is 0 Å². The number of nitrogens with zero attached hydrogens (tertiary/aromatic N) is 2. The highest BCUT2D eigenvalue weighted by molar-refractivity contribution is 6.30. The van der Waals surface area contributed by atoms with E-state index in [0.29, 0.717) is 12.1 Å². The maximum absolute atomic E-state index is 11.1. The van der Waals surface area contributed by atoms with Gasteiger partial charge in [-0.25, -0.2) is 0 Å². The molecule has 0 saturated carbocycles. The second-order valence-electron chi connectivity index (χ2n) is 4.33. The molecule has 0 bridgehead atoms. The summed E-state index contributed by atoms with van der Waals surface area (Å²) in [5.41, 5.74) is 3.44. The molecule has 0 atom stereocenters. The van der Waals surface area contributed by atoms with Crippen LogP contribution in [0.25, 0.3) is 11.0 Å². The summed E-state index contributed by atoms with van der Waals surface area (Å²) in [5, 5.41) is 0.719.